The van der Waals surface area contributed by atoms with Gasteiger partial charge < -0.3 is 10.1 Å². The van der Waals surface area contributed by atoms with Crippen LogP contribution in [0.2, 0.25) is 5.02 Å². The molecule has 0 radical (unpaired) electrons. The quantitative estimate of drug-likeness (QED) is 0.699. The molecule has 0 aliphatic carbocycles. The minimum absolute atomic E-state index is 0.0476. The number of methoxy groups -OCH3 is 1. The molecule has 6 nitrogen and oxygen atoms in total. The van der Waals surface area contributed by atoms with Crippen LogP contribution in [0.3, 0.4) is 0 Å². The van der Waals surface area contributed by atoms with Crippen molar-refractivity contribution in [3.05, 3.63) is 58.4 Å². The first-order valence-electron chi connectivity index (χ1n) is 8.47. The predicted octanol–water partition coefficient (Wildman–Crippen LogP) is 3.37. The van der Waals surface area contributed by atoms with Gasteiger partial charge in [-0.05, 0) is 49.2 Å². The highest BCUT2D eigenvalue weighted by molar-refractivity contribution is 7.89. The number of nitrogens with one attached hydrogen (secondary N) is 1. The van der Waals surface area contributed by atoms with E-state index in [-0.39, 0.29) is 23.1 Å². The molecule has 0 aromatic heterocycles. The van der Waals surface area contributed by atoms with E-state index >= 15 is 0 Å². The number of sulfonamides is 1. The van der Waals surface area contributed by atoms with E-state index in [0.29, 0.717) is 5.69 Å². The predicted molar refractivity (Wildman–Crippen MR) is 107 cm³/mol. The molecule has 0 fully saturated rings. The molecule has 0 saturated heterocycles. The molecule has 28 heavy (non-hydrogen) atoms. The van der Waals surface area contributed by atoms with Gasteiger partial charge in [0.05, 0.1) is 23.1 Å². The Labute approximate surface area is 169 Å². The summed E-state index contributed by atoms with van der Waals surface area (Å²) in [5, 5.41) is 2.42. The van der Waals surface area contributed by atoms with Crippen molar-refractivity contribution in [2.75, 3.05) is 32.1 Å². The van der Waals surface area contributed by atoms with E-state index in [0.717, 1.165) is 33.6 Å². The number of aryl methyl sites for hydroxylation is 1. The summed E-state index contributed by atoms with van der Waals surface area (Å²) in [5.41, 5.74) is 2.51. The van der Waals surface area contributed by atoms with Crippen LogP contribution in [0.15, 0.2) is 41.3 Å². The number of nitrogens with zero attached hydrogens (tertiary/aromatic N) is 1. The number of carbonyl (C=O) groups excluding carboxylic acids is 1. The molecule has 152 valence electrons. The van der Waals surface area contributed by atoms with Gasteiger partial charge in [0, 0.05) is 19.3 Å². The minimum Gasteiger partial charge on any atom is -0.383 e. The monoisotopic (exact) mass is 428 g/mol. The zero-order valence-electron chi connectivity index (χ0n) is 15.8. The van der Waals surface area contributed by atoms with Crippen molar-refractivity contribution in [1.29, 1.82) is 0 Å². The van der Waals surface area contributed by atoms with Gasteiger partial charge >= 0.3 is 0 Å². The Bertz CT molecular complexity index is 966. The topological polar surface area (TPSA) is 75.7 Å². The zero-order valence-corrected chi connectivity index (χ0v) is 17.4. The molecule has 2 rings (SSSR count). The average Bonchev–Trinajstić information content (AvgIpc) is 2.64. The van der Waals surface area contributed by atoms with E-state index in [2.05, 4.69) is 5.32 Å². The van der Waals surface area contributed by atoms with Crippen LogP contribution in [-0.2, 0) is 19.6 Å². The molecule has 0 aliphatic rings. The van der Waals surface area contributed by atoms with Gasteiger partial charge in [0.25, 0.3) is 0 Å². The number of carbonyl (C=O) groups is 1. The third kappa shape index (κ3) is 5.29. The Morgan fingerprint density at radius 3 is 2.61 bits per heavy atom. The van der Waals surface area contributed by atoms with E-state index in [9.17, 15) is 17.6 Å². The van der Waals surface area contributed by atoms with Crippen molar-refractivity contribution < 1.29 is 22.3 Å². The van der Waals surface area contributed by atoms with Gasteiger partial charge in [0.2, 0.25) is 15.9 Å². The summed E-state index contributed by atoms with van der Waals surface area (Å²) in [6, 6.07) is 8.57. The molecule has 2 aromatic carbocycles. The molecular weight excluding hydrogens is 407 g/mol. The molecule has 0 saturated carbocycles. The number of amides is 1. The van der Waals surface area contributed by atoms with Crippen molar-refractivity contribution in [1.82, 2.24) is 4.31 Å². The molecule has 0 atom stereocenters. The lowest BCUT2D eigenvalue weighted by molar-refractivity contribution is -0.116. The van der Waals surface area contributed by atoms with Crippen molar-refractivity contribution in [3.8, 4) is 0 Å². The molecule has 2 aromatic rings. The fraction of sp³-hybridized carbons (Fsp3) is 0.316. The Hall–Kier alpha value is -2.00. The van der Waals surface area contributed by atoms with Gasteiger partial charge in [0.15, 0.2) is 0 Å². The maximum Gasteiger partial charge on any atom is 0.243 e. The number of hydrogen-bond acceptors (Lipinski definition) is 4. The maximum atomic E-state index is 13.4. The summed E-state index contributed by atoms with van der Waals surface area (Å²) in [5.74, 6) is -1.22. The summed E-state index contributed by atoms with van der Waals surface area (Å²) in [6.45, 7) is 3.40. The van der Waals surface area contributed by atoms with E-state index in [1.807, 2.05) is 19.9 Å². The number of halogens is 2. The zero-order chi connectivity index (χ0) is 20.9. The molecular formula is C19H22ClFN2O4S. The van der Waals surface area contributed by atoms with Gasteiger partial charge in [-0.15, -0.1) is 0 Å². The van der Waals surface area contributed by atoms with E-state index in [1.54, 1.807) is 12.1 Å². The molecule has 9 heteroatoms. The third-order valence-electron chi connectivity index (χ3n) is 4.27. The van der Waals surface area contributed by atoms with Crippen LogP contribution < -0.4 is 5.32 Å². The number of ether oxygens (including phenoxy) is 1. The fourth-order valence-electron chi connectivity index (χ4n) is 2.50. The first kappa shape index (κ1) is 22.3. The van der Waals surface area contributed by atoms with Crippen LogP contribution in [0.5, 0.6) is 0 Å². The summed E-state index contributed by atoms with van der Waals surface area (Å²) < 4.78 is 45.2. The lowest BCUT2D eigenvalue weighted by Gasteiger charge is -2.22. The van der Waals surface area contributed by atoms with Crippen LogP contribution in [-0.4, -0.2) is 45.4 Å². The van der Waals surface area contributed by atoms with E-state index < -0.39 is 28.3 Å². The Balaban J connectivity index is 2.25. The van der Waals surface area contributed by atoms with E-state index in [4.69, 9.17) is 16.3 Å². The molecule has 0 spiro atoms. The minimum atomic E-state index is -4.08. The largest absolute Gasteiger partial charge is 0.383 e. The second-order valence-electron chi connectivity index (χ2n) is 6.20. The molecule has 0 unspecified atom stereocenters. The van der Waals surface area contributed by atoms with Gasteiger partial charge in [0.1, 0.15) is 5.82 Å². The number of hydrogen-bond donors (Lipinski definition) is 1. The average molecular weight is 429 g/mol. The summed E-state index contributed by atoms with van der Waals surface area (Å²) in [7, 11) is -2.65. The van der Waals surface area contributed by atoms with Gasteiger partial charge in [-0.1, -0.05) is 23.7 Å². The van der Waals surface area contributed by atoms with Crippen molar-refractivity contribution in [2.24, 2.45) is 0 Å². The molecule has 0 aliphatic heterocycles. The number of rotatable bonds is 8. The third-order valence-corrected chi connectivity index (χ3v) is 6.40. The SMILES string of the molecule is COCCN(CC(=O)Nc1cccc(C)c1C)S(=O)(=O)c1ccc(F)c(Cl)c1. The molecule has 0 heterocycles. The molecule has 1 amide bonds. The maximum absolute atomic E-state index is 13.4. The second-order valence-corrected chi connectivity index (χ2v) is 8.55. The summed E-state index contributed by atoms with van der Waals surface area (Å²) in [6.07, 6.45) is 0. The van der Waals surface area contributed by atoms with Crippen molar-refractivity contribution >= 4 is 33.2 Å². The van der Waals surface area contributed by atoms with Crippen molar-refractivity contribution in [3.63, 3.8) is 0 Å². The fourth-order valence-corrected chi connectivity index (χ4v) is 4.15. The Morgan fingerprint density at radius 2 is 1.96 bits per heavy atom. The normalized spacial score (nSPS) is 11.6. The van der Waals surface area contributed by atoms with Crippen LogP contribution in [0.25, 0.3) is 0 Å². The first-order valence-corrected chi connectivity index (χ1v) is 10.3. The number of anilines is 1. The smallest absolute Gasteiger partial charge is 0.243 e. The second kappa shape index (κ2) is 9.47. The Kier molecular flexibility index (Phi) is 7.54. The van der Waals surface area contributed by atoms with E-state index in [1.165, 1.54) is 7.11 Å². The standard InChI is InChI=1S/C19H22ClFN2O4S/c1-13-5-4-6-18(14(13)2)22-19(24)12-23(9-10-27-3)28(25,26)15-7-8-17(21)16(20)11-15/h4-8,11H,9-10,12H2,1-3H3,(H,22,24). The van der Waals surface area contributed by atoms with Crippen LogP contribution in [0, 0.1) is 19.7 Å². The first-order chi connectivity index (χ1) is 13.2. The van der Waals surface area contributed by atoms with Gasteiger partial charge in [-0.3, -0.25) is 4.79 Å². The highest BCUT2D eigenvalue weighted by Crippen LogP contribution is 2.23. The molecule has 0 bridgehead atoms. The van der Waals surface area contributed by atoms with Crippen molar-refractivity contribution in [2.45, 2.75) is 18.7 Å². The lowest BCUT2D eigenvalue weighted by Crippen LogP contribution is -2.40. The number of benzene rings is 2. The summed E-state index contributed by atoms with van der Waals surface area (Å²) >= 11 is 5.71. The van der Waals surface area contributed by atoms with Crippen LogP contribution in [0.4, 0.5) is 10.1 Å². The summed E-state index contributed by atoms with van der Waals surface area (Å²) in [4.78, 5) is 12.3. The van der Waals surface area contributed by atoms with Crippen LogP contribution in [0.1, 0.15) is 11.1 Å². The van der Waals surface area contributed by atoms with Gasteiger partial charge in [-0.2, -0.15) is 4.31 Å². The highest BCUT2D eigenvalue weighted by atomic mass is 35.5. The highest BCUT2D eigenvalue weighted by Gasteiger charge is 2.27. The van der Waals surface area contributed by atoms with Gasteiger partial charge in [-0.25, -0.2) is 12.8 Å². The molecule has 1 N–H and O–H groups in total. The Morgan fingerprint density at radius 1 is 1.25 bits per heavy atom. The lowest BCUT2D eigenvalue weighted by atomic mass is 10.1. The van der Waals surface area contributed by atoms with Crippen LogP contribution >= 0.6 is 11.6 Å².